The maximum atomic E-state index is 12.0. The second kappa shape index (κ2) is 12.8. The minimum atomic E-state index is 0.0621. The van der Waals surface area contributed by atoms with Gasteiger partial charge in [-0.2, -0.15) is 0 Å². The van der Waals surface area contributed by atoms with Gasteiger partial charge in [-0.3, -0.25) is 9.69 Å². The average Bonchev–Trinajstić information content (AvgIpc) is 2.86. The van der Waals surface area contributed by atoms with Crippen LogP contribution in [0.3, 0.4) is 0 Å². The van der Waals surface area contributed by atoms with Crippen LogP contribution in [0.5, 0.6) is 0 Å². The van der Waals surface area contributed by atoms with Gasteiger partial charge in [0.25, 0.3) is 0 Å². The third kappa shape index (κ3) is 7.84. The van der Waals surface area contributed by atoms with E-state index >= 15 is 0 Å². The summed E-state index contributed by atoms with van der Waals surface area (Å²) < 4.78 is 0. The summed E-state index contributed by atoms with van der Waals surface area (Å²) in [5, 5.41) is 3.81. The fourth-order valence-electron chi connectivity index (χ4n) is 4.75. The Hall–Kier alpha value is -2.31. The molecule has 1 heterocycles. The van der Waals surface area contributed by atoms with Crippen LogP contribution in [0.25, 0.3) is 0 Å². The van der Waals surface area contributed by atoms with Gasteiger partial charge in [0, 0.05) is 27.9 Å². The first kappa shape index (κ1) is 26.7. The second-order valence-corrected chi connectivity index (χ2v) is 11.5. The fraction of sp³-hybridized carbons (Fsp3) is 0.367. The van der Waals surface area contributed by atoms with Crippen molar-refractivity contribution in [3.63, 3.8) is 0 Å². The highest BCUT2D eigenvalue weighted by molar-refractivity contribution is 7.99. The Kier molecular flexibility index (Phi) is 9.49. The van der Waals surface area contributed by atoms with Crippen molar-refractivity contribution in [1.82, 2.24) is 15.1 Å². The van der Waals surface area contributed by atoms with Crippen LogP contribution in [0.15, 0.2) is 76.5 Å². The van der Waals surface area contributed by atoms with Crippen LogP contribution in [-0.4, -0.2) is 49.4 Å². The molecule has 4 rings (SSSR count). The molecule has 3 aromatic carbocycles. The quantitative estimate of drug-likeness (QED) is 0.355. The number of benzene rings is 3. The minimum absolute atomic E-state index is 0.0621. The monoisotopic (exact) mass is 521 g/mol. The maximum Gasteiger partial charge on any atom is 0.234 e. The van der Waals surface area contributed by atoms with Crippen molar-refractivity contribution < 1.29 is 4.79 Å². The Morgan fingerprint density at radius 1 is 0.972 bits per heavy atom. The van der Waals surface area contributed by atoms with Crippen LogP contribution in [0.4, 0.5) is 0 Å². The Labute approximate surface area is 225 Å². The van der Waals surface area contributed by atoms with E-state index in [4.69, 9.17) is 11.6 Å². The molecule has 0 bridgehead atoms. The SMILES string of the molecule is Cc1ccc(CNC(=O)CN(C)C)cc1C1CCN(Cc2ccc(Sc3ccc(Cl)cc3)cc2)CC1. The van der Waals surface area contributed by atoms with Crippen molar-refractivity contribution in [3.05, 3.63) is 94.0 Å². The molecule has 3 aromatic rings. The van der Waals surface area contributed by atoms with Gasteiger partial charge < -0.3 is 10.2 Å². The van der Waals surface area contributed by atoms with Crippen LogP contribution in [-0.2, 0) is 17.9 Å². The highest BCUT2D eigenvalue weighted by atomic mass is 35.5. The number of aryl methyl sites for hydroxylation is 1. The number of nitrogens with one attached hydrogen (secondary N) is 1. The van der Waals surface area contributed by atoms with Crippen LogP contribution in [0.2, 0.25) is 5.02 Å². The number of nitrogens with zero attached hydrogens (tertiary/aromatic N) is 2. The van der Waals surface area contributed by atoms with Crippen molar-refractivity contribution in [2.24, 2.45) is 0 Å². The number of hydrogen-bond donors (Lipinski definition) is 1. The first-order valence-corrected chi connectivity index (χ1v) is 13.8. The van der Waals surface area contributed by atoms with E-state index in [2.05, 4.69) is 71.7 Å². The van der Waals surface area contributed by atoms with Crippen molar-refractivity contribution in [3.8, 4) is 0 Å². The lowest BCUT2D eigenvalue weighted by molar-refractivity contribution is -0.121. The fourth-order valence-corrected chi connectivity index (χ4v) is 5.69. The number of likely N-dealkylation sites (N-methyl/N-ethyl adjacent to an activating group) is 1. The molecule has 1 aliphatic rings. The summed E-state index contributed by atoms with van der Waals surface area (Å²) in [6.07, 6.45) is 2.34. The summed E-state index contributed by atoms with van der Waals surface area (Å²) in [4.78, 5) is 18.9. The smallest absolute Gasteiger partial charge is 0.234 e. The highest BCUT2D eigenvalue weighted by Crippen LogP contribution is 2.32. The minimum Gasteiger partial charge on any atom is -0.351 e. The van der Waals surface area contributed by atoms with Gasteiger partial charge in [0.05, 0.1) is 6.54 Å². The van der Waals surface area contributed by atoms with Crippen molar-refractivity contribution >= 4 is 29.3 Å². The number of carbonyl (C=O) groups is 1. The molecule has 1 fully saturated rings. The highest BCUT2D eigenvalue weighted by Gasteiger charge is 2.22. The predicted molar refractivity (Wildman–Crippen MR) is 151 cm³/mol. The molecule has 0 unspecified atom stereocenters. The van der Waals surface area contributed by atoms with E-state index in [9.17, 15) is 4.79 Å². The number of rotatable bonds is 9. The molecular formula is C30H36ClN3OS. The lowest BCUT2D eigenvalue weighted by atomic mass is 9.86. The van der Waals surface area contributed by atoms with E-state index in [1.54, 1.807) is 11.8 Å². The van der Waals surface area contributed by atoms with Gasteiger partial charge in [-0.1, -0.05) is 53.7 Å². The van der Waals surface area contributed by atoms with Crippen molar-refractivity contribution in [2.75, 3.05) is 33.7 Å². The normalized spacial score (nSPS) is 14.8. The van der Waals surface area contributed by atoms with Crippen molar-refractivity contribution in [1.29, 1.82) is 0 Å². The topological polar surface area (TPSA) is 35.6 Å². The average molecular weight is 522 g/mol. The number of piperidine rings is 1. The Morgan fingerprint density at radius 2 is 1.58 bits per heavy atom. The third-order valence-electron chi connectivity index (χ3n) is 6.70. The first-order chi connectivity index (χ1) is 17.4. The van der Waals surface area contributed by atoms with E-state index < -0.39 is 0 Å². The summed E-state index contributed by atoms with van der Waals surface area (Å²) in [7, 11) is 3.82. The van der Waals surface area contributed by atoms with Gasteiger partial charge in [-0.25, -0.2) is 0 Å². The van der Waals surface area contributed by atoms with Crippen LogP contribution >= 0.6 is 23.4 Å². The van der Waals surface area contributed by atoms with Gasteiger partial charge >= 0.3 is 0 Å². The number of amides is 1. The lowest BCUT2D eigenvalue weighted by Crippen LogP contribution is -2.33. The number of hydrogen-bond acceptors (Lipinski definition) is 4. The molecule has 0 aromatic heterocycles. The predicted octanol–water partition coefficient (Wildman–Crippen LogP) is 6.36. The largest absolute Gasteiger partial charge is 0.351 e. The molecule has 6 heteroatoms. The van der Waals surface area contributed by atoms with Gasteiger partial charge in [-0.05, 0) is 112 Å². The summed E-state index contributed by atoms with van der Waals surface area (Å²) in [5.41, 5.74) is 5.34. The van der Waals surface area contributed by atoms with E-state index in [0.717, 1.165) is 24.7 Å². The summed E-state index contributed by atoms with van der Waals surface area (Å²) in [6.45, 7) is 6.42. The zero-order valence-corrected chi connectivity index (χ0v) is 23.0. The lowest BCUT2D eigenvalue weighted by Gasteiger charge is -2.33. The van der Waals surface area contributed by atoms with E-state index in [1.165, 1.54) is 44.9 Å². The zero-order chi connectivity index (χ0) is 25.5. The first-order valence-electron chi connectivity index (χ1n) is 12.6. The second-order valence-electron chi connectivity index (χ2n) is 9.96. The number of carbonyl (C=O) groups excluding carboxylic acids is 1. The van der Waals surface area contributed by atoms with E-state index in [-0.39, 0.29) is 5.91 Å². The maximum absolute atomic E-state index is 12.0. The number of likely N-dealkylation sites (tertiary alicyclic amines) is 1. The molecule has 1 saturated heterocycles. The van der Waals surface area contributed by atoms with Crippen LogP contribution in [0, 0.1) is 6.92 Å². The molecule has 0 aliphatic carbocycles. The zero-order valence-electron chi connectivity index (χ0n) is 21.5. The van der Waals surface area contributed by atoms with Crippen LogP contribution in [0.1, 0.15) is 41.0 Å². The Bertz CT molecular complexity index is 1140. The summed E-state index contributed by atoms with van der Waals surface area (Å²) in [5.74, 6) is 0.642. The van der Waals surface area contributed by atoms with E-state index in [1.807, 2.05) is 31.1 Å². The van der Waals surface area contributed by atoms with Crippen molar-refractivity contribution in [2.45, 2.75) is 48.6 Å². The Balaban J connectivity index is 1.27. The van der Waals surface area contributed by atoms with Crippen LogP contribution < -0.4 is 5.32 Å². The summed E-state index contributed by atoms with van der Waals surface area (Å²) in [6, 6.07) is 23.6. The molecular weight excluding hydrogens is 486 g/mol. The standard InChI is InChI=1S/C30H36ClN3OS/c1-22-4-5-24(19-32-30(35)21-33(2)3)18-29(22)25-14-16-34(17-15-25)20-23-6-10-27(11-7-23)36-28-12-8-26(31)9-13-28/h4-13,18,25H,14-17,19-21H2,1-3H3,(H,32,35). The van der Waals surface area contributed by atoms with Gasteiger partial charge in [0.2, 0.25) is 5.91 Å². The summed E-state index contributed by atoms with van der Waals surface area (Å²) >= 11 is 7.76. The molecule has 0 spiro atoms. The van der Waals surface area contributed by atoms with Gasteiger partial charge in [0.15, 0.2) is 0 Å². The molecule has 1 amide bonds. The number of halogens is 1. The van der Waals surface area contributed by atoms with Gasteiger partial charge in [-0.15, -0.1) is 0 Å². The molecule has 190 valence electrons. The third-order valence-corrected chi connectivity index (χ3v) is 7.97. The van der Waals surface area contributed by atoms with E-state index in [0.29, 0.717) is 19.0 Å². The van der Waals surface area contributed by atoms with Gasteiger partial charge in [0.1, 0.15) is 0 Å². The Morgan fingerprint density at radius 3 is 2.22 bits per heavy atom. The molecule has 0 atom stereocenters. The molecule has 0 radical (unpaired) electrons. The molecule has 1 N–H and O–H groups in total. The molecule has 4 nitrogen and oxygen atoms in total. The molecule has 36 heavy (non-hydrogen) atoms. The molecule has 1 aliphatic heterocycles. The molecule has 0 saturated carbocycles.